The molecule has 0 radical (unpaired) electrons. The number of amides is 1. The van der Waals surface area contributed by atoms with E-state index in [0.717, 1.165) is 25.7 Å². The summed E-state index contributed by atoms with van der Waals surface area (Å²) < 4.78 is 5.04. The van der Waals surface area contributed by atoms with Gasteiger partial charge in [0.15, 0.2) is 11.7 Å². The fourth-order valence-corrected chi connectivity index (χ4v) is 3.55. The van der Waals surface area contributed by atoms with Crippen molar-refractivity contribution in [2.45, 2.75) is 25.7 Å². The lowest BCUT2D eigenvalue weighted by Gasteiger charge is -2.08. The number of hydrogen-bond acceptors (Lipinski definition) is 7. The van der Waals surface area contributed by atoms with Crippen molar-refractivity contribution in [1.82, 2.24) is 4.98 Å². The maximum atomic E-state index is 11.9. The van der Waals surface area contributed by atoms with Crippen molar-refractivity contribution in [2.24, 2.45) is 5.92 Å². The van der Waals surface area contributed by atoms with Crippen LogP contribution < -0.4 is 5.32 Å². The number of non-ortho nitro benzene ring substituents is 1. The third-order valence-electron chi connectivity index (χ3n) is 4.14. The average molecular weight is 375 g/mol. The fraction of sp³-hybridized carbons (Fsp3) is 0.353. The van der Waals surface area contributed by atoms with Crippen molar-refractivity contribution in [3.05, 3.63) is 39.8 Å². The average Bonchev–Trinajstić information content (AvgIpc) is 3.32. The first-order valence-corrected chi connectivity index (χ1v) is 9.08. The van der Waals surface area contributed by atoms with Gasteiger partial charge in [0.1, 0.15) is 0 Å². The van der Waals surface area contributed by atoms with Crippen LogP contribution in [0.1, 0.15) is 25.7 Å². The second-order valence-electron chi connectivity index (χ2n) is 5.98. The van der Waals surface area contributed by atoms with E-state index in [9.17, 15) is 19.7 Å². The Balaban J connectivity index is 1.56. The molecule has 8 nitrogen and oxygen atoms in total. The SMILES string of the molecule is O=C(COC(=O)C1CCCC1)Nc1nc(-c2cccc([N+](=O)[O-])c2)cs1. The molecule has 0 spiro atoms. The number of carbonyl (C=O) groups excluding carboxylic acids is 2. The summed E-state index contributed by atoms with van der Waals surface area (Å²) in [4.78, 5) is 38.3. The van der Waals surface area contributed by atoms with Gasteiger partial charge in [-0.1, -0.05) is 25.0 Å². The molecule has 3 rings (SSSR count). The molecule has 1 amide bonds. The minimum absolute atomic E-state index is 0.0279. The number of rotatable bonds is 6. The molecule has 9 heteroatoms. The molecule has 1 aliphatic rings. The van der Waals surface area contributed by atoms with Crippen molar-refractivity contribution in [1.29, 1.82) is 0 Å². The Bertz CT molecular complexity index is 829. The molecule has 2 aromatic rings. The van der Waals surface area contributed by atoms with Crippen molar-refractivity contribution < 1.29 is 19.2 Å². The van der Waals surface area contributed by atoms with Crippen LogP contribution in [-0.4, -0.2) is 28.4 Å². The zero-order chi connectivity index (χ0) is 18.5. The third kappa shape index (κ3) is 4.42. The Hall–Kier alpha value is -2.81. The van der Waals surface area contributed by atoms with Gasteiger partial charge in [0.25, 0.3) is 11.6 Å². The van der Waals surface area contributed by atoms with Gasteiger partial charge in [-0.25, -0.2) is 4.98 Å². The summed E-state index contributed by atoms with van der Waals surface area (Å²) in [5.74, 6) is -0.881. The van der Waals surface area contributed by atoms with E-state index >= 15 is 0 Å². The van der Waals surface area contributed by atoms with Gasteiger partial charge in [0.05, 0.1) is 16.5 Å². The van der Waals surface area contributed by atoms with Gasteiger partial charge in [-0.3, -0.25) is 25.0 Å². The van der Waals surface area contributed by atoms with E-state index in [2.05, 4.69) is 10.3 Å². The highest BCUT2D eigenvalue weighted by Gasteiger charge is 2.24. The molecule has 0 unspecified atom stereocenters. The topological polar surface area (TPSA) is 111 Å². The number of benzene rings is 1. The first kappa shape index (κ1) is 18.0. The number of nitro benzene ring substituents is 1. The molecule has 26 heavy (non-hydrogen) atoms. The summed E-state index contributed by atoms with van der Waals surface area (Å²) in [5, 5.41) is 15.5. The van der Waals surface area contributed by atoms with E-state index < -0.39 is 10.8 Å². The van der Waals surface area contributed by atoms with Crippen molar-refractivity contribution in [3.63, 3.8) is 0 Å². The van der Waals surface area contributed by atoms with E-state index in [-0.39, 0.29) is 24.2 Å². The van der Waals surface area contributed by atoms with Crippen molar-refractivity contribution in [3.8, 4) is 11.3 Å². The lowest BCUT2D eigenvalue weighted by Crippen LogP contribution is -2.23. The summed E-state index contributed by atoms with van der Waals surface area (Å²) >= 11 is 1.19. The van der Waals surface area contributed by atoms with E-state index in [1.54, 1.807) is 17.5 Å². The van der Waals surface area contributed by atoms with Crippen LogP contribution in [0.3, 0.4) is 0 Å². The van der Waals surface area contributed by atoms with E-state index in [1.807, 2.05) is 0 Å². The van der Waals surface area contributed by atoms with Gasteiger partial charge >= 0.3 is 5.97 Å². The summed E-state index contributed by atoms with van der Waals surface area (Å²) in [7, 11) is 0. The zero-order valence-corrected chi connectivity index (χ0v) is 14.7. The Morgan fingerprint density at radius 2 is 2.12 bits per heavy atom. The number of esters is 1. The normalized spacial score (nSPS) is 14.2. The maximum Gasteiger partial charge on any atom is 0.309 e. The predicted octanol–water partition coefficient (Wildman–Crippen LogP) is 3.39. The number of nitrogens with one attached hydrogen (secondary N) is 1. The Kier molecular flexibility index (Phi) is 5.57. The quantitative estimate of drug-likeness (QED) is 0.470. The Morgan fingerprint density at radius 1 is 1.35 bits per heavy atom. The summed E-state index contributed by atoms with van der Waals surface area (Å²) in [6.07, 6.45) is 3.68. The van der Waals surface area contributed by atoms with E-state index in [4.69, 9.17) is 4.74 Å². The summed E-state index contributed by atoms with van der Waals surface area (Å²) in [6.45, 7) is -0.346. The van der Waals surface area contributed by atoms with Gasteiger partial charge in [0, 0.05) is 23.1 Å². The molecule has 1 aromatic carbocycles. The molecule has 0 saturated heterocycles. The summed E-state index contributed by atoms with van der Waals surface area (Å²) in [6, 6.07) is 6.10. The molecule has 0 atom stereocenters. The number of carbonyl (C=O) groups is 2. The van der Waals surface area contributed by atoms with Crippen LogP contribution >= 0.6 is 11.3 Å². The molecular formula is C17H17N3O5S. The van der Waals surface area contributed by atoms with Crippen LogP contribution in [0.15, 0.2) is 29.6 Å². The fourth-order valence-electron chi connectivity index (χ4n) is 2.81. The molecule has 1 N–H and O–H groups in total. The lowest BCUT2D eigenvalue weighted by molar-refractivity contribution is -0.384. The number of anilines is 1. The van der Waals surface area contributed by atoms with Crippen LogP contribution in [0.25, 0.3) is 11.3 Å². The maximum absolute atomic E-state index is 11.9. The van der Waals surface area contributed by atoms with E-state index in [1.165, 1.54) is 23.5 Å². The first-order chi connectivity index (χ1) is 12.5. The molecule has 1 saturated carbocycles. The van der Waals surface area contributed by atoms with Crippen LogP contribution in [0.5, 0.6) is 0 Å². The number of nitrogens with zero attached hydrogens (tertiary/aromatic N) is 2. The van der Waals surface area contributed by atoms with Crippen LogP contribution in [0, 0.1) is 16.0 Å². The number of thiazole rings is 1. The molecular weight excluding hydrogens is 358 g/mol. The lowest BCUT2D eigenvalue weighted by atomic mass is 10.1. The molecule has 136 valence electrons. The second-order valence-corrected chi connectivity index (χ2v) is 6.84. The number of aromatic nitrogens is 1. The highest BCUT2D eigenvalue weighted by molar-refractivity contribution is 7.14. The van der Waals surface area contributed by atoms with E-state index in [0.29, 0.717) is 16.4 Å². The molecule has 1 aliphatic carbocycles. The molecule has 0 bridgehead atoms. The predicted molar refractivity (Wildman–Crippen MR) is 95.8 cm³/mol. The van der Waals surface area contributed by atoms with Crippen molar-refractivity contribution in [2.75, 3.05) is 11.9 Å². The number of nitro groups is 1. The molecule has 1 aromatic heterocycles. The van der Waals surface area contributed by atoms with Gasteiger partial charge in [0.2, 0.25) is 0 Å². The van der Waals surface area contributed by atoms with Crippen molar-refractivity contribution >= 4 is 34.0 Å². The standard InChI is InChI=1S/C17H17N3O5S/c21-15(9-25-16(22)11-4-1-2-5-11)19-17-18-14(10-26-17)12-6-3-7-13(8-12)20(23)24/h3,6-8,10-11H,1-2,4-5,9H2,(H,18,19,21). The van der Waals surface area contributed by atoms with Gasteiger partial charge in [-0.15, -0.1) is 11.3 Å². The number of hydrogen-bond donors (Lipinski definition) is 1. The highest BCUT2D eigenvalue weighted by Crippen LogP contribution is 2.28. The largest absolute Gasteiger partial charge is 0.455 e. The van der Waals surface area contributed by atoms with Crippen LogP contribution in [-0.2, 0) is 14.3 Å². The Labute approximate surface area is 153 Å². The number of ether oxygens (including phenoxy) is 1. The smallest absolute Gasteiger partial charge is 0.309 e. The Morgan fingerprint density at radius 3 is 2.85 bits per heavy atom. The minimum Gasteiger partial charge on any atom is -0.455 e. The van der Waals surface area contributed by atoms with Gasteiger partial charge < -0.3 is 4.74 Å². The third-order valence-corrected chi connectivity index (χ3v) is 4.90. The van der Waals surface area contributed by atoms with Gasteiger partial charge in [-0.2, -0.15) is 0 Å². The first-order valence-electron chi connectivity index (χ1n) is 8.20. The molecule has 1 fully saturated rings. The summed E-state index contributed by atoms with van der Waals surface area (Å²) in [5.41, 5.74) is 1.08. The molecule has 1 heterocycles. The minimum atomic E-state index is -0.475. The van der Waals surface area contributed by atoms with Crippen LogP contribution in [0.2, 0.25) is 0 Å². The highest BCUT2D eigenvalue weighted by atomic mass is 32.1. The zero-order valence-electron chi connectivity index (χ0n) is 13.8. The van der Waals surface area contributed by atoms with Crippen LogP contribution in [0.4, 0.5) is 10.8 Å². The monoisotopic (exact) mass is 375 g/mol. The van der Waals surface area contributed by atoms with Gasteiger partial charge in [-0.05, 0) is 12.8 Å². The molecule has 0 aliphatic heterocycles. The second kappa shape index (κ2) is 8.05.